The summed E-state index contributed by atoms with van der Waals surface area (Å²) in [4.78, 5) is 0.596. The minimum absolute atomic E-state index is 0.166. The summed E-state index contributed by atoms with van der Waals surface area (Å²) in [6.07, 6.45) is 0.611. The predicted molar refractivity (Wildman–Crippen MR) is 64.7 cm³/mol. The Hall–Kier alpha value is -0.940. The third-order valence-corrected chi connectivity index (χ3v) is 4.14. The first-order chi connectivity index (χ1) is 6.97. The summed E-state index contributed by atoms with van der Waals surface area (Å²) in [5.74, 6) is 0.166. The van der Waals surface area contributed by atoms with Crippen molar-refractivity contribution in [2.45, 2.75) is 18.2 Å². The van der Waals surface area contributed by atoms with E-state index >= 15 is 0 Å². The lowest BCUT2D eigenvalue weighted by Crippen LogP contribution is -2.10. The fourth-order valence-corrected chi connectivity index (χ4v) is 2.67. The standard InChI is InChI=1S/C10H13NO2S2/c1-2-7-15(12,13)9-5-3-8(4-6-9)10(11)14/h3-6H,2,7H2,1H3,(H2,11,14). The Morgan fingerprint density at radius 2 is 1.87 bits per heavy atom. The van der Waals surface area contributed by atoms with Gasteiger partial charge in [-0.05, 0) is 18.6 Å². The molecule has 0 saturated heterocycles. The average Bonchev–Trinajstić information content (AvgIpc) is 2.18. The zero-order chi connectivity index (χ0) is 11.5. The van der Waals surface area contributed by atoms with Crippen LogP contribution in [0.25, 0.3) is 0 Å². The molecule has 0 aromatic heterocycles. The van der Waals surface area contributed by atoms with Crippen molar-refractivity contribution in [1.82, 2.24) is 0 Å². The summed E-state index contributed by atoms with van der Waals surface area (Å²) in [5.41, 5.74) is 6.09. The number of hydrogen-bond acceptors (Lipinski definition) is 3. The van der Waals surface area contributed by atoms with Gasteiger partial charge in [0.1, 0.15) is 4.99 Å². The van der Waals surface area contributed by atoms with Crippen molar-refractivity contribution in [3.8, 4) is 0 Å². The lowest BCUT2D eigenvalue weighted by Gasteiger charge is -2.03. The van der Waals surface area contributed by atoms with Crippen LogP contribution < -0.4 is 5.73 Å². The van der Waals surface area contributed by atoms with Crippen LogP contribution in [-0.4, -0.2) is 19.2 Å². The van der Waals surface area contributed by atoms with Crippen molar-refractivity contribution in [3.63, 3.8) is 0 Å². The van der Waals surface area contributed by atoms with E-state index in [1.54, 1.807) is 24.3 Å². The molecule has 3 nitrogen and oxygen atoms in total. The molecule has 82 valence electrons. The van der Waals surface area contributed by atoms with E-state index in [2.05, 4.69) is 0 Å². The van der Waals surface area contributed by atoms with Gasteiger partial charge in [-0.2, -0.15) is 0 Å². The van der Waals surface area contributed by atoms with E-state index in [9.17, 15) is 8.42 Å². The highest BCUT2D eigenvalue weighted by Gasteiger charge is 2.12. The minimum Gasteiger partial charge on any atom is -0.389 e. The maximum Gasteiger partial charge on any atom is 0.178 e. The maximum absolute atomic E-state index is 11.6. The average molecular weight is 243 g/mol. The van der Waals surface area contributed by atoms with Crippen LogP contribution in [0.15, 0.2) is 29.2 Å². The summed E-state index contributed by atoms with van der Waals surface area (Å²) in [5, 5.41) is 0. The Bertz CT molecular complexity index is 449. The van der Waals surface area contributed by atoms with Gasteiger partial charge in [-0.1, -0.05) is 31.3 Å². The molecule has 15 heavy (non-hydrogen) atoms. The lowest BCUT2D eigenvalue weighted by atomic mass is 10.2. The molecule has 0 radical (unpaired) electrons. The quantitative estimate of drug-likeness (QED) is 0.814. The minimum atomic E-state index is -3.14. The zero-order valence-electron chi connectivity index (χ0n) is 8.43. The van der Waals surface area contributed by atoms with Crippen LogP contribution >= 0.6 is 12.2 Å². The van der Waals surface area contributed by atoms with E-state index < -0.39 is 9.84 Å². The topological polar surface area (TPSA) is 60.2 Å². The van der Waals surface area contributed by atoms with Crippen molar-refractivity contribution in [2.24, 2.45) is 5.73 Å². The van der Waals surface area contributed by atoms with E-state index in [1.165, 1.54) is 0 Å². The van der Waals surface area contributed by atoms with Crippen molar-refractivity contribution in [1.29, 1.82) is 0 Å². The SMILES string of the molecule is CCCS(=O)(=O)c1ccc(C(N)=S)cc1. The maximum atomic E-state index is 11.6. The van der Waals surface area contributed by atoms with Gasteiger partial charge in [-0.15, -0.1) is 0 Å². The fraction of sp³-hybridized carbons (Fsp3) is 0.300. The Balaban J connectivity index is 3.04. The van der Waals surface area contributed by atoms with Crippen LogP contribution in [0.4, 0.5) is 0 Å². The molecular weight excluding hydrogens is 230 g/mol. The third-order valence-electron chi connectivity index (χ3n) is 1.97. The summed E-state index contributed by atoms with van der Waals surface area (Å²) in [6.45, 7) is 1.83. The molecule has 1 aromatic rings. The first kappa shape index (κ1) is 12.1. The first-order valence-electron chi connectivity index (χ1n) is 4.60. The van der Waals surface area contributed by atoms with Crippen molar-refractivity contribution in [2.75, 3.05) is 5.75 Å². The van der Waals surface area contributed by atoms with Crippen LogP contribution in [0, 0.1) is 0 Å². The largest absolute Gasteiger partial charge is 0.389 e. The summed E-state index contributed by atoms with van der Waals surface area (Å²) >= 11 is 4.78. The van der Waals surface area contributed by atoms with Crippen LogP contribution in [-0.2, 0) is 9.84 Å². The van der Waals surface area contributed by atoms with Gasteiger partial charge < -0.3 is 5.73 Å². The van der Waals surface area contributed by atoms with Crippen LogP contribution in [0.1, 0.15) is 18.9 Å². The zero-order valence-corrected chi connectivity index (χ0v) is 10.1. The van der Waals surface area contributed by atoms with Gasteiger partial charge in [0, 0.05) is 5.56 Å². The van der Waals surface area contributed by atoms with Gasteiger partial charge in [0.25, 0.3) is 0 Å². The molecule has 0 unspecified atom stereocenters. The van der Waals surface area contributed by atoms with Crippen LogP contribution in [0.5, 0.6) is 0 Å². The molecule has 1 rings (SSSR count). The van der Waals surface area contributed by atoms with E-state index in [1.807, 2.05) is 6.92 Å². The van der Waals surface area contributed by atoms with Crippen molar-refractivity contribution >= 4 is 27.0 Å². The molecular formula is C10H13NO2S2. The summed E-state index contributed by atoms with van der Waals surface area (Å²) in [6, 6.07) is 6.34. The molecule has 0 saturated carbocycles. The number of benzene rings is 1. The van der Waals surface area contributed by atoms with E-state index in [-0.39, 0.29) is 10.7 Å². The van der Waals surface area contributed by atoms with Gasteiger partial charge in [0.05, 0.1) is 10.6 Å². The van der Waals surface area contributed by atoms with E-state index in [4.69, 9.17) is 18.0 Å². The smallest absolute Gasteiger partial charge is 0.178 e. The molecule has 2 N–H and O–H groups in total. The Morgan fingerprint density at radius 1 is 1.33 bits per heavy atom. The highest BCUT2D eigenvalue weighted by atomic mass is 32.2. The molecule has 0 heterocycles. The number of rotatable bonds is 4. The molecule has 1 aromatic carbocycles. The highest BCUT2D eigenvalue weighted by molar-refractivity contribution is 7.91. The predicted octanol–water partition coefficient (Wildman–Crippen LogP) is 1.50. The Morgan fingerprint density at radius 3 is 2.27 bits per heavy atom. The number of nitrogens with two attached hydrogens (primary N) is 1. The Labute approximate surface area is 95.2 Å². The Kier molecular flexibility index (Phi) is 3.82. The summed E-state index contributed by atoms with van der Waals surface area (Å²) in [7, 11) is -3.14. The molecule has 0 fully saturated rings. The molecule has 0 aliphatic carbocycles. The van der Waals surface area contributed by atoms with Gasteiger partial charge >= 0.3 is 0 Å². The van der Waals surface area contributed by atoms with Crippen molar-refractivity contribution < 1.29 is 8.42 Å². The first-order valence-corrected chi connectivity index (χ1v) is 6.66. The molecule has 0 bridgehead atoms. The van der Waals surface area contributed by atoms with Crippen molar-refractivity contribution in [3.05, 3.63) is 29.8 Å². The van der Waals surface area contributed by atoms with E-state index in [0.29, 0.717) is 16.9 Å². The third kappa shape index (κ3) is 3.00. The molecule has 5 heteroatoms. The van der Waals surface area contributed by atoms with Gasteiger partial charge in [-0.3, -0.25) is 0 Å². The second-order valence-electron chi connectivity index (χ2n) is 3.21. The molecule has 0 aliphatic rings. The number of thiocarbonyl (C=S) groups is 1. The normalized spacial score (nSPS) is 11.3. The van der Waals surface area contributed by atoms with E-state index in [0.717, 1.165) is 0 Å². The van der Waals surface area contributed by atoms with Crippen LogP contribution in [0.2, 0.25) is 0 Å². The molecule has 0 amide bonds. The van der Waals surface area contributed by atoms with Gasteiger partial charge in [0.2, 0.25) is 0 Å². The lowest BCUT2D eigenvalue weighted by molar-refractivity contribution is 0.594. The molecule has 0 spiro atoms. The molecule has 0 aliphatic heterocycles. The monoisotopic (exact) mass is 243 g/mol. The molecule has 0 atom stereocenters. The highest BCUT2D eigenvalue weighted by Crippen LogP contribution is 2.13. The van der Waals surface area contributed by atoms with Gasteiger partial charge in [-0.25, -0.2) is 8.42 Å². The summed E-state index contributed by atoms with van der Waals surface area (Å²) < 4.78 is 23.3. The van der Waals surface area contributed by atoms with Gasteiger partial charge in [0.15, 0.2) is 9.84 Å². The second-order valence-corrected chi connectivity index (χ2v) is 5.76. The number of hydrogen-bond donors (Lipinski definition) is 1. The second kappa shape index (κ2) is 4.72. The number of sulfone groups is 1. The van der Waals surface area contributed by atoms with Crippen LogP contribution in [0.3, 0.4) is 0 Å². The fourth-order valence-electron chi connectivity index (χ4n) is 1.21.